The average Bonchev–Trinajstić information content (AvgIpc) is 2.94. The maximum atomic E-state index is 13.1. The van der Waals surface area contributed by atoms with Crippen LogP contribution in [0, 0.1) is 5.41 Å². The van der Waals surface area contributed by atoms with Crippen LogP contribution in [0.15, 0.2) is 46.8 Å². The Morgan fingerprint density at radius 1 is 1.15 bits per heavy atom. The topological polar surface area (TPSA) is 138 Å². The number of carbonyl (C=O) groups excluding carboxylic acids is 3. The van der Waals surface area contributed by atoms with E-state index in [1.165, 1.54) is 36.7 Å². The summed E-state index contributed by atoms with van der Waals surface area (Å²) in [6.45, 7) is 1.83. The molecule has 9 nitrogen and oxygen atoms in total. The van der Waals surface area contributed by atoms with Crippen LogP contribution in [0.5, 0.6) is 0 Å². The minimum absolute atomic E-state index is 0.0327. The lowest BCUT2D eigenvalue weighted by atomic mass is 9.62. The zero-order valence-corrected chi connectivity index (χ0v) is 24.2. The van der Waals surface area contributed by atoms with E-state index in [1.807, 2.05) is 0 Å². The molecule has 2 atom stereocenters. The van der Waals surface area contributed by atoms with E-state index >= 15 is 0 Å². The van der Waals surface area contributed by atoms with Gasteiger partial charge in [-0.25, -0.2) is 4.79 Å². The molecule has 0 radical (unpaired) electrons. The Morgan fingerprint density at radius 2 is 1.77 bits per heavy atom. The molecule has 2 aliphatic rings. The number of aromatic nitrogens is 1. The highest BCUT2D eigenvalue weighted by atomic mass is 79.9. The number of Topliss-reactive ketones (excluding diaryl/α,β-unsaturated/α-hetero) is 1. The number of pyridine rings is 1. The summed E-state index contributed by atoms with van der Waals surface area (Å²) >= 11 is 15.4. The van der Waals surface area contributed by atoms with Gasteiger partial charge in [0.1, 0.15) is 6.10 Å². The summed E-state index contributed by atoms with van der Waals surface area (Å²) in [5, 5.41) is 28.5. The monoisotopic (exact) mass is 639 g/mol. The van der Waals surface area contributed by atoms with Crippen molar-refractivity contribution in [3.8, 4) is 0 Å². The van der Waals surface area contributed by atoms with E-state index in [4.69, 9.17) is 27.9 Å². The SMILES string of the molecule is CCCOC(=O)[C@](O)(NC1=C(Br)C(=O)C12CCCCC2)C(O)c1ccc(NC(=O)c2c(Cl)cncc2Cl)cc1. The third kappa shape index (κ3) is 5.58. The van der Waals surface area contributed by atoms with Crippen LogP contribution < -0.4 is 10.6 Å². The largest absolute Gasteiger partial charge is 0.462 e. The summed E-state index contributed by atoms with van der Waals surface area (Å²) in [7, 11) is 0. The number of rotatable bonds is 9. The van der Waals surface area contributed by atoms with E-state index in [-0.39, 0.29) is 38.0 Å². The molecule has 1 aromatic heterocycles. The number of anilines is 1. The highest BCUT2D eigenvalue weighted by Crippen LogP contribution is 2.54. The fourth-order valence-electron chi connectivity index (χ4n) is 4.93. The second kappa shape index (κ2) is 11.9. The molecule has 1 fully saturated rings. The Bertz CT molecular complexity index is 1290. The molecular weight excluding hydrogens is 613 g/mol. The number of hydrogen-bond acceptors (Lipinski definition) is 8. The molecule has 4 N–H and O–H groups in total. The molecule has 1 heterocycles. The van der Waals surface area contributed by atoms with Crippen molar-refractivity contribution in [2.75, 3.05) is 11.9 Å². The van der Waals surface area contributed by atoms with Crippen molar-refractivity contribution in [1.82, 2.24) is 10.3 Å². The molecule has 0 aliphatic heterocycles. The fraction of sp³-hybridized carbons (Fsp3) is 0.407. The Labute approximate surface area is 244 Å². The molecule has 39 heavy (non-hydrogen) atoms. The first-order valence-electron chi connectivity index (χ1n) is 12.6. The maximum absolute atomic E-state index is 13.1. The van der Waals surface area contributed by atoms with Crippen molar-refractivity contribution in [1.29, 1.82) is 0 Å². The Hall–Kier alpha value is -2.50. The average molecular weight is 641 g/mol. The van der Waals surface area contributed by atoms with Crippen molar-refractivity contribution in [3.63, 3.8) is 0 Å². The smallest absolute Gasteiger partial charge is 0.362 e. The molecule has 1 amide bonds. The van der Waals surface area contributed by atoms with Crippen molar-refractivity contribution in [3.05, 3.63) is 68.0 Å². The third-order valence-electron chi connectivity index (χ3n) is 7.06. The van der Waals surface area contributed by atoms with Gasteiger partial charge in [-0.05, 0) is 52.9 Å². The Kier molecular flexibility index (Phi) is 9.02. The number of halogens is 3. The number of amides is 1. The van der Waals surface area contributed by atoms with Gasteiger partial charge in [0.15, 0.2) is 5.78 Å². The summed E-state index contributed by atoms with van der Waals surface area (Å²) in [5.41, 5.74) is -2.47. The van der Waals surface area contributed by atoms with Crippen LogP contribution in [0.25, 0.3) is 0 Å². The number of nitrogens with zero attached hydrogens (tertiary/aromatic N) is 1. The third-order valence-corrected chi connectivity index (χ3v) is 8.39. The van der Waals surface area contributed by atoms with Gasteiger partial charge in [-0.3, -0.25) is 14.6 Å². The molecule has 2 aliphatic carbocycles. The van der Waals surface area contributed by atoms with Gasteiger partial charge in [-0.15, -0.1) is 0 Å². The van der Waals surface area contributed by atoms with Crippen LogP contribution in [0.1, 0.15) is 67.5 Å². The molecule has 12 heteroatoms. The number of aliphatic hydroxyl groups excluding tert-OH is 1. The van der Waals surface area contributed by atoms with E-state index < -0.39 is 29.1 Å². The minimum atomic E-state index is -2.59. The minimum Gasteiger partial charge on any atom is -0.462 e. The van der Waals surface area contributed by atoms with Gasteiger partial charge in [0.2, 0.25) is 0 Å². The summed E-state index contributed by atoms with van der Waals surface area (Å²) < 4.78 is 5.47. The number of aliphatic hydroxyl groups is 2. The first-order chi connectivity index (χ1) is 18.5. The van der Waals surface area contributed by atoms with Gasteiger partial charge in [0.25, 0.3) is 11.6 Å². The predicted octanol–water partition coefficient (Wildman–Crippen LogP) is 5.05. The number of nitrogens with one attached hydrogen (secondary N) is 2. The van der Waals surface area contributed by atoms with Gasteiger partial charge < -0.3 is 25.6 Å². The number of ketones is 1. The molecule has 1 spiro atoms. The number of carbonyl (C=O) groups is 3. The van der Waals surface area contributed by atoms with E-state index in [1.54, 1.807) is 6.92 Å². The van der Waals surface area contributed by atoms with Crippen LogP contribution in [0.2, 0.25) is 10.0 Å². The summed E-state index contributed by atoms with van der Waals surface area (Å²) in [5.74, 6) is -1.72. The van der Waals surface area contributed by atoms with Crippen LogP contribution in [0.3, 0.4) is 0 Å². The lowest BCUT2D eigenvalue weighted by molar-refractivity contribution is -0.185. The van der Waals surface area contributed by atoms with Gasteiger partial charge in [-0.1, -0.05) is 61.5 Å². The van der Waals surface area contributed by atoms with Crippen LogP contribution >= 0.6 is 39.1 Å². The van der Waals surface area contributed by atoms with Crippen LogP contribution in [-0.2, 0) is 14.3 Å². The molecule has 1 unspecified atom stereocenters. The highest BCUT2D eigenvalue weighted by molar-refractivity contribution is 9.12. The summed E-state index contributed by atoms with van der Waals surface area (Å²) in [6, 6.07) is 5.87. The van der Waals surface area contributed by atoms with Crippen LogP contribution in [-0.4, -0.2) is 45.2 Å². The molecular formula is C27H28BrCl2N3O6. The normalized spacial score (nSPS) is 18.7. The summed E-state index contributed by atoms with van der Waals surface area (Å²) in [6.07, 6.45) is 5.16. The molecule has 1 aromatic carbocycles. The standard InChI is InChI=1S/C27H28BrCl2N3O6/c1-2-12-39-25(37)27(38,33-21-20(28)23(35)26(21)10-4-3-5-11-26)22(34)15-6-8-16(9-7-15)32-24(36)19-17(29)13-31-14-18(19)30/h6-9,13-14,22,33-34,38H,2-5,10-12H2,1H3,(H,32,36)/t22?,27-/m0/s1. The first-order valence-corrected chi connectivity index (χ1v) is 14.1. The molecule has 208 valence electrons. The zero-order chi connectivity index (χ0) is 28.4. The number of esters is 1. The molecule has 2 aromatic rings. The van der Waals surface area contributed by atoms with Gasteiger partial charge in [0, 0.05) is 23.8 Å². The molecule has 0 bridgehead atoms. The van der Waals surface area contributed by atoms with E-state index in [9.17, 15) is 24.6 Å². The van der Waals surface area contributed by atoms with Crippen molar-refractivity contribution in [2.45, 2.75) is 57.3 Å². The zero-order valence-electron chi connectivity index (χ0n) is 21.1. The van der Waals surface area contributed by atoms with Crippen molar-refractivity contribution >= 4 is 62.5 Å². The van der Waals surface area contributed by atoms with E-state index in [0.717, 1.165) is 19.3 Å². The predicted molar refractivity (Wildman–Crippen MR) is 149 cm³/mol. The van der Waals surface area contributed by atoms with Crippen LogP contribution in [0.4, 0.5) is 5.69 Å². The second-order valence-corrected chi connectivity index (χ2v) is 11.3. The van der Waals surface area contributed by atoms with Gasteiger partial charge in [0.05, 0.1) is 32.1 Å². The van der Waals surface area contributed by atoms with Gasteiger partial charge in [-0.2, -0.15) is 0 Å². The second-order valence-electron chi connectivity index (χ2n) is 9.64. The number of hydrogen-bond donors (Lipinski definition) is 4. The lowest BCUT2D eigenvalue weighted by Gasteiger charge is -2.48. The Balaban J connectivity index is 1.59. The lowest BCUT2D eigenvalue weighted by Crippen LogP contribution is -2.62. The summed E-state index contributed by atoms with van der Waals surface area (Å²) in [4.78, 5) is 42.4. The van der Waals surface area contributed by atoms with E-state index in [0.29, 0.717) is 30.6 Å². The first kappa shape index (κ1) is 29.5. The van der Waals surface area contributed by atoms with Crippen molar-refractivity contribution < 1.29 is 29.3 Å². The quantitative estimate of drug-likeness (QED) is 0.221. The maximum Gasteiger partial charge on any atom is 0.362 e. The fourth-order valence-corrected chi connectivity index (χ4v) is 6.32. The molecule has 0 saturated heterocycles. The van der Waals surface area contributed by atoms with E-state index in [2.05, 4.69) is 31.5 Å². The van der Waals surface area contributed by atoms with Crippen molar-refractivity contribution in [2.24, 2.45) is 5.41 Å². The number of benzene rings is 1. The molecule has 4 rings (SSSR count). The number of ether oxygens (including phenoxy) is 1. The number of allylic oxidation sites excluding steroid dienone is 2. The van der Waals surface area contributed by atoms with Gasteiger partial charge >= 0.3 is 5.97 Å². The highest BCUT2D eigenvalue weighted by Gasteiger charge is 2.57. The molecule has 1 saturated carbocycles. The Morgan fingerprint density at radius 3 is 2.36 bits per heavy atom.